The summed E-state index contributed by atoms with van der Waals surface area (Å²) in [6.45, 7) is 3.63. The second-order valence-electron chi connectivity index (χ2n) is 5.18. The molecule has 0 radical (unpaired) electrons. The minimum Gasteiger partial charge on any atom is -0.506 e. The Labute approximate surface area is 128 Å². The molecule has 1 aromatic carbocycles. The molecule has 0 bridgehead atoms. The van der Waals surface area contributed by atoms with Gasteiger partial charge < -0.3 is 20.2 Å². The molecule has 0 aliphatic heterocycles. The van der Waals surface area contributed by atoms with E-state index in [0.29, 0.717) is 5.69 Å². The van der Waals surface area contributed by atoms with Gasteiger partial charge in [-0.05, 0) is 30.2 Å². The van der Waals surface area contributed by atoms with Crippen molar-refractivity contribution in [3.8, 4) is 5.75 Å². The Morgan fingerprint density at radius 3 is 2.45 bits per heavy atom. The van der Waals surface area contributed by atoms with E-state index in [0.717, 1.165) is 0 Å². The lowest BCUT2D eigenvalue weighted by Crippen LogP contribution is -2.47. The number of hydrogen-bond acceptors (Lipinski definition) is 4. The van der Waals surface area contributed by atoms with Crippen molar-refractivity contribution in [1.82, 2.24) is 5.32 Å². The Balaban J connectivity index is 2.09. The minimum absolute atomic E-state index is 0.0317. The predicted octanol–water partition coefficient (Wildman–Crippen LogP) is 2.38. The Morgan fingerprint density at radius 1 is 1.14 bits per heavy atom. The fourth-order valence-corrected chi connectivity index (χ4v) is 1.94. The molecule has 6 nitrogen and oxygen atoms in total. The van der Waals surface area contributed by atoms with Crippen LogP contribution in [0, 0.1) is 5.92 Å². The zero-order valence-corrected chi connectivity index (χ0v) is 12.4. The van der Waals surface area contributed by atoms with E-state index < -0.39 is 17.9 Å². The lowest BCUT2D eigenvalue weighted by molar-refractivity contribution is -0.118. The number of aromatic hydroxyl groups is 1. The summed E-state index contributed by atoms with van der Waals surface area (Å²) in [5.41, 5.74) is 0.297. The second-order valence-corrected chi connectivity index (χ2v) is 5.18. The number of anilines is 1. The summed E-state index contributed by atoms with van der Waals surface area (Å²) < 4.78 is 5.01. The Bertz CT molecular complexity index is 650. The highest BCUT2D eigenvalue weighted by atomic mass is 16.3. The summed E-state index contributed by atoms with van der Waals surface area (Å²) in [5, 5.41) is 14.9. The summed E-state index contributed by atoms with van der Waals surface area (Å²) in [4.78, 5) is 24.4. The first-order chi connectivity index (χ1) is 10.5. The van der Waals surface area contributed by atoms with Crippen LogP contribution in [0.5, 0.6) is 5.75 Å². The van der Waals surface area contributed by atoms with Gasteiger partial charge in [0.25, 0.3) is 5.91 Å². The maximum absolute atomic E-state index is 12.3. The molecule has 1 heterocycles. The van der Waals surface area contributed by atoms with Crippen molar-refractivity contribution in [3.05, 3.63) is 48.4 Å². The molecule has 0 spiro atoms. The number of amides is 2. The molecule has 3 N–H and O–H groups in total. The molecule has 0 aliphatic carbocycles. The van der Waals surface area contributed by atoms with Crippen LogP contribution >= 0.6 is 0 Å². The van der Waals surface area contributed by atoms with Crippen molar-refractivity contribution in [1.29, 1.82) is 0 Å². The van der Waals surface area contributed by atoms with E-state index in [1.807, 2.05) is 13.8 Å². The van der Waals surface area contributed by atoms with Crippen molar-refractivity contribution in [3.63, 3.8) is 0 Å². The number of nitrogens with one attached hydrogen (secondary N) is 2. The van der Waals surface area contributed by atoms with Crippen LogP contribution in [0.15, 0.2) is 47.1 Å². The van der Waals surface area contributed by atoms with E-state index in [4.69, 9.17) is 4.42 Å². The van der Waals surface area contributed by atoms with Crippen LogP contribution in [0.25, 0.3) is 0 Å². The van der Waals surface area contributed by atoms with Gasteiger partial charge in [-0.25, -0.2) is 0 Å². The monoisotopic (exact) mass is 302 g/mol. The molecule has 1 atom stereocenters. The summed E-state index contributed by atoms with van der Waals surface area (Å²) in [7, 11) is 0. The average Bonchev–Trinajstić information content (AvgIpc) is 3.00. The summed E-state index contributed by atoms with van der Waals surface area (Å²) in [5.74, 6) is -0.894. The van der Waals surface area contributed by atoms with E-state index in [9.17, 15) is 14.7 Å². The number of hydrogen-bond donors (Lipinski definition) is 3. The van der Waals surface area contributed by atoms with Crippen LogP contribution in [0.1, 0.15) is 24.4 Å². The molecule has 2 amide bonds. The van der Waals surface area contributed by atoms with Crippen LogP contribution in [-0.4, -0.2) is 23.0 Å². The Kier molecular flexibility index (Phi) is 4.83. The normalized spacial score (nSPS) is 12.0. The molecule has 0 aliphatic rings. The van der Waals surface area contributed by atoms with Crippen LogP contribution in [0.3, 0.4) is 0 Å². The number of phenolic OH excluding ortho intramolecular Hbond substituents is 1. The van der Waals surface area contributed by atoms with Crippen LogP contribution < -0.4 is 10.6 Å². The summed E-state index contributed by atoms with van der Waals surface area (Å²) >= 11 is 0. The first-order valence-electron chi connectivity index (χ1n) is 6.92. The van der Waals surface area contributed by atoms with Crippen LogP contribution in [0.2, 0.25) is 0 Å². The maximum Gasteiger partial charge on any atom is 0.287 e. The Hall–Kier alpha value is -2.76. The quantitative estimate of drug-likeness (QED) is 0.739. The van der Waals surface area contributed by atoms with Gasteiger partial charge in [0.05, 0.1) is 12.0 Å². The van der Waals surface area contributed by atoms with E-state index in [2.05, 4.69) is 10.6 Å². The van der Waals surface area contributed by atoms with E-state index >= 15 is 0 Å². The number of benzene rings is 1. The lowest BCUT2D eigenvalue weighted by Gasteiger charge is -2.21. The van der Waals surface area contributed by atoms with Crippen molar-refractivity contribution in [2.45, 2.75) is 19.9 Å². The fourth-order valence-electron chi connectivity index (χ4n) is 1.94. The number of carbonyl (C=O) groups is 2. The second kappa shape index (κ2) is 6.80. The predicted molar refractivity (Wildman–Crippen MR) is 81.5 cm³/mol. The molecule has 6 heteroatoms. The molecule has 0 saturated carbocycles. The van der Waals surface area contributed by atoms with Gasteiger partial charge in [-0.2, -0.15) is 0 Å². The number of para-hydroxylation sites is 2. The molecule has 0 saturated heterocycles. The minimum atomic E-state index is -0.753. The third kappa shape index (κ3) is 3.66. The Morgan fingerprint density at radius 2 is 1.86 bits per heavy atom. The number of rotatable bonds is 5. The van der Waals surface area contributed by atoms with Crippen molar-refractivity contribution < 1.29 is 19.1 Å². The fraction of sp³-hybridized carbons (Fsp3) is 0.250. The smallest absolute Gasteiger partial charge is 0.287 e. The molecule has 1 unspecified atom stereocenters. The van der Waals surface area contributed by atoms with Gasteiger partial charge in [-0.1, -0.05) is 26.0 Å². The van der Waals surface area contributed by atoms with Gasteiger partial charge >= 0.3 is 0 Å². The zero-order chi connectivity index (χ0) is 16.1. The molecule has 1 aromatic heterocycles. The standard InChI is InChI=1S/C16H18N2O4/c1-10(2)14(18-15(20)13-8-5-9-22-13)16(21)17-11-6-3-4-7-12(11)19/h3-10,14,19H,1-2H3,(H,17,21)(H,18,20). The molecule has 0 fully saturated rings. The molecule has 116 valence electrons. The zero-order valence-electron chi connectivity index (χ0n) is 12.4. The van der Waals surface area contributed by atoms with Crippen molar-refractivity contribution >= 4 is 17.5 Å². The molecule has 2 aromatic rings. The van der Waals surface area contributed by atoms with Crippen molar-refractivity contribution in [2.75, 3.05) is 5.32 Å². The lowest BCUT2D eigenvalue weighted by atomic mass is 10.0. The molecular weight excluding hydrogens is 284 g/mol. The van der Waals surface area contributed by atoms with E-state index in [1.54, 1.807) is 24.3 Å². The molecule has 2 rings (SSSR count). The van der Waals surface area contributed by atoms with Crippen LogP contribution in [0.4, 0.5) is 5.69 Å². The van der Waals surface area contributed by atoms with Gasteiger partial charge in [-0.15, -0.1) is 0 Å². The van der Waals surface area contributed by atoms with E-state index in [-0.39, 0.29) is 17.4 Å². The van der Waals surface area contributed by atoms with Crippen LogP contribution in [-0.2, 0) is 4.79 Å². The number of phenols is 1. The first-order valence-corrected chi connectivity index (χ1v) is 6.92. The summed E-state index contributed by atoms with van der Waals surface area (Å²) in [6, 6.07) is 8.78. The van der Waals surface area contributed by atoms with Gasteiger partial charge in [0, 0.05) is 0 Å². The maximum atomic E-state index is 12.3. The number of carbonyl (C=O) groups excluding carboxylic acids is 2. The highest BCUT2D eigenvalue weighted by Crippen LogP contribution is 2.22. The molecule has 22 heavy (non-hydrogen) atoms. The third-order valence-corrected chi connectivity index (χ3v) is 3.14. The summed E-state index contributed by atoms with van der Waals surface area (Å²) in [6.07, 6.45) is 1.39. The van der Waals surface area contributed by atoms with Gasteiger partial charge in [0.2, 0.25) is 5.91 Å². The highest BCUT2D eigenvalue weighted by molar-refractivity contribution is 6.00. The van der Waals surface area contributed by atoms with Gasteiger partial charge in [0.15, 0.2) is 5.76 Å². The SMILES string of the molecule is CC(C)C(NC(=O)c1ccco1)C(=O)Nc1ccccc1O. The van der Waals surface area contributed by atoms with Gasteiger partial charge in [-0.3, -0.25) is 9.59 Å². The first kappa shape index (κ1) is 15.6. The van der Waals surface area contributed by atoms with E-state index in [1.165, 1.54) is 18.4 Å². The largest absolute Gasteiger partial charge is 0.506 e. The van der Waals surface area contributed by atoms with Gasteiger partial charge in [0.1, 0.15) is 11.8 Å². The third-order valence-electron chi connectivity index (χ3n) is 3.14. The molecular formula is C16H18N2O4. The average molecular weight is 302 g/mol. The topological polar surface area (TPSA) is 91.6 Å². The van der Waals surface area contributed by atoms with Crippen molar-refractivity contribution in [2.24, 2.45) is 5.92 Å². The number of furan rings is 1. The highest BCUT2D eigenvalue weighted by Gasteiger charge is 2.26.